The molecular formula is C15H17NO2. The second-order valence-electron chi connectivity index (χ2n) is 4.10. The molecule has 0 bridgehead atoms. The van der Waals surface area contributed by atoms with E-state index < -0.39 is 0 Å². The molecule has 0 aliphatic carbocycles. The highest BCUT2D eigenvalue weighted by Crippen LogP contribution is 2.26. The van der Waals surface area contributed by atoms with Crippen molar-refractivity contribution < 1.29 is 9.47 Å². The highest BCUT2D eigenvalue weighted by Gasteiger charge is 2.06. The Kier molecular flexibility index (Phi) is 3.72. The Morgan fingerprint density at radius 3 is 2.50 bits per heavy atom. The van der Waals surface area contributed by atoms with Crippen LogP contribution >= 0.6 is 0 Å². The Morgan fingerprint density at radius 1 is 1.00 bits per heavy atom. The fourth-order valence-electron chi connectivity index (χ4n) is 1.92. The Balaban J connectivity index is 2.28. The predicted molar refractivity (Wildman–Crippen MR) is 73.2 cm³/mol. The minimum absolute atomic E-state index is 0.778. The maximum atomic E-state index is 5.78. The second kappa shape index (κ2) is 5.45. The summed E-state index contributed by atoms with van der Waals surface area (Å²) in [5, 5.41) is 0. The van der Waals surface area contributed by atoms with E-state index in [2.05, 4.69) is 6.07 Å². The van der Waals surface area contributed by atoms with Gasteiger partial charge in [-0.2, -0.15) is 0 Å². The van der Waals surface area contributed by atoms with Gasteiger partial charge >= 0.3 is 0 Å². The molecule has 0 unspecified atom stereocenters. The number of anilines is 1. The Bertz CT molecular complexity index is 538. The fourth-order valence-corrected chi connectivity index (χ4v) is 1.92. The third kappa shape index (κ3) is 2.74. The lowest BCUT2D eigenvalue weighted by Gasteiger charge is -2.10. The molecule has 0 radical (unpaired) electrons. The molecule has 2 aromatic carbocycles. The second-order valence-corrected chi connectivity index (χ2v) is 4.10. The number of ether oxygens (including phenoxy) is 2. The first-order chi connectivity index (χ1) is 8.72. The Hall–Kier alpha value is -2.16. The van der Waals surface area contributed by atoms with Gasteiger partial charge in [-0.05, 0) is 29.3 Å². The molecule has 0 amide bonds. The van der Waals surface area contributed by atoms with Crippen molar-refractivity contribution in [3.05, 3.63) is 53.6 Å². The largest absolute Gasteiger partial charge is 0.497 e. The van der Waals surface area contributed by atoms with Crippen LogP contribution in [0.2, 0.25) is 0 Å². The molecule has 18 heavy (non-hydrogen) atoms. The van der Waals surface area contributed by atoms with Crippen LogP contribution in [0.1, 0.15) is 11.1 Å². The molecule has 2 aromatic rings. The third-order valence-corrected chi connectivity index (χ3v) is 2.84. The molecule has 0 saturated carbocycles. The summed E-state index contributed by atoms with van der Waals surface area (Å²) in [6.07, 6.45) is 0.790. The van der Waals surface area contributed by atoms with Crippen LogP contribution in [-0.2, 0) is 6.42 Å². The van der Waals surface area contributed by atoms with Gasteiger partial charge in [0.25, 0.3) is 0 Å². The molecule has 3 nitrogen and oxygen atoms in total. The monoisotopic (exact) mass is 243 g/mol. The first kappa shape index (κ1) is 12.3. The lowest BCUT2D eigenvalue weighted by molar-refractivity contribution is 0.391. The molecule has 0 heterocycles. The third-order valence-electron chi connectivity index (χ3n) is 2.84. The average Bonchev–Trinajstić information content (AvgIpc) is 2.39. The van der Waals surface area contributed by atoms with Gasteiger partial charge in [0.1, 0.15) is 11.5 Å². The molecule has 0 saturated heterocycles. The zero-order valence-electron chi connectivity index (χ0n) is 10.6. The van der Waals surface area contributed by atoms with E-state index in [9.17, 15) is 0 Å². The van der Waals surface area contributed by atoms with Crippen LogP contribution < -0.4 is 15.2 Å². The topological polar surface area (TPSA) is 44.5 Å². The number of rotatable bonds is 4. The van der Waals surface area contributed by atoms with Crippen molar-refractivity contribution in [3.8, 4) is 11.5 Å². The van der Waals surface area contributed by atoms with Gasteiger partial charge in [0, 0.05) is 18.2 Å². The zero-order chi connectivity index (χ0) is 13.0. The molecule has 3 heteroatoms. The van der Waals surface area contributed by atoms with E-state index >= 15 is 0 Å². The van der Waals surface area contributed by atoms with Gasteiger partial charge in [0.2, 0.25) is 0 Å². The highest BCUT2D eigenvalue weighted by molar-refractivity contribution is 5.46. The molecule has 94 valence electrons. The summed E-state index contributed by atoms with van der Waals surface area (Å²) in [4.78, 5) is 0. The maximum Gasteiger partial charge on any atom is 0.126 e. The van der Waals surface area contributed by atoms with Crippen LogP contribution in [0.5, 0.6) is 11.5 Å². The van der Waals surface area contributed by atoms with Crippen molar-refractivity contribution in [1.29, 1.82) is 0 Å². The standard InChI is InChI=1S/C15H17NO2/c1-17-14-7-6-12(15(10-14)18-2)8-11-4-3-5-13(16)9-11/h3-7,9-10H,8,16H2,1-2H3. The number of nitrogen functional groups attached to an aromatic ring is 1. The number of nitrogens with two attached hydrogens (primary N) is 1. The van der Waals surface area contributed by atoms with Crippen LogP contribution in [0.3, 0.4) is 0 Å². The normalized spacial score (nSPS) is 10.1. The molecule has 0 spiro atoms. The SMILES string of the molecule is COc1ccc(Cc2cccc(N)c2)c(OC)c1. The molecule has 2 N–H and O–H groups in total. The maximum absolute atomic E-state index is 5.78. The molecule has 0 aliphatic rings. The van der Waals surface area contributed by atoms with E-state index in [0.717, 1.165) is 29.2 Å². The van der Waals surface area contributed by atoms with Crippen molar-refractivity contribution in [2.75, 3.05) is 20.0 Å². The van der Waals surface area contributed by atoms with Gasteiger partial charge in [-0.15, -0.1) is 0 Å². The molecule has 2 rings (SSSR count). The molecule has 0 atom stereocenters. The first-order valence-corrected chi connectivity index (χ1v) is 5.78. The summed E-state index contributed by atoms with van der Waals surface area (Å²) in [7, 11) is 3.31. The summed E-state index contributed by atoms with van der Waals surface area (Å²) in [6, 6.07) is 13.7. The van der Waals surface area contributed by atoms with Crippen LogP contribution in [0.15, 0.2) is 42.5 Å². The van der Waals surface area contributed by atoms with Crippen molar-refractivity contribution in [2.24, 2.45) is 0 Å². The highest BCUT2D eigenvalue weighted by atomic mass is 16.5. The van der Waals surface area contributed by atoms with Gasteiger partial charge in [0.15, 0.2) is 0 Å². The number of hydrogen-bond acceptors (Lipinski definition) is 3. The summed E-state index contributed by atoms with van der Waals surface area (Å²) < 4.78 is 10.6. The van der Waals surface area contributed by atoms with E-state index in [1.54, 1.807) is 14.2 Å². The van der Waals surface area contributed by atoms with Crippen molar-refractivity contribution in [2.45, 2.75) is 6.42 Å². The van der Waals surface area contributed by atoms with Crippen LogP contribution in [-0.4, -0.2) is 14.2 Å². The zero-order valence-corrected chi connectivity index (χ0v) is 10.6. The van der Waals surface area contributed by atoms with E-state index in [-0.39, 0.29) is 0 Å². The molecule has 0 aromatic heterocycles. The van der Waals surface area contributed by atoms with Crippen LogP contribution in [0.25, 0.3) is 0 Å². The van der Waals surface area contributed by atoms with Crippen LogP contribution in [0.4, 0.5) is 5.69 Å². The fraction of sp³-hybridized carbons (Fsp3) is 0.200. The first-order valence-electron chi connectivity index (χ1n) is 5.78. The smallest absolute Gasteiger partial charge is 0.126 e. The quantitative estimate of drug-likeness (QED) is 0.840. The summed E-state index contributed by atoms with van der Waals surface area (Å²) >= 11 is 0. The van der Waals surface area contributed by atoms with Crippen molar-refractivity contribution in [1.82, 2.24) is 0 Å². The Morgan fingerprint density at radius 2 is 1.83 bits per heavy atom. The summed E-state index contributed by atoms with van der Waals surface area (Å²) in [5.41, 5.74) is 8.83. The van der Waals surface area contributed by atoms with E-state index in [4.69, 9.17) is 15.2 Å². The van der Waals surface area contributed by atoms with Gasteiger partial charge in [-0.3, -0.25) is 0 Å². The van der Waals surface area contributed by atoms with Crippen molar-refractivity contribution >= 4 is 5.69 Å². The molecule has 0 aliphatic heterocycles. The van der Waals surface area contributed by atoms with Crippen LogP contribution in [0, 0.1) is 0 Å². The van der Waals surface area contributed by atoms with Gasteiger partial charge in [-0.25, -0.2) is 0 Å². The van der Waals surface area contributed by atoms with Gasteiger partial charge < -0.3 is 15.2 Å². The van der Waals surface area contributed by atoms with Crippen molar-refractivity contribution in [3.63, 3.8) is 0 Å². The average molecular weight is 243 g/mol. The lowest BCUT2D eigenvalue weighted by atomic mass is 10.0. The van der Waals surface area contributed by atoms with Gasteiger partial charge in [-0.1, -0.05) is 18.2 Å². The van der Waals surface area contributed by atoms with E-state index in [0.29, 0.717) is 0 Å². The van der Waals surface area contributed by atoms with E-state index in [1.165, 1.54) is 5.56 Å². The number of benzene rings is 2. The summed E-state index contributed by atoms with van der Waals surface area (Å²) in [6.45, 7) is 0. The summed E-state index contributed by atoms with van der Waals surface area (Å²) in [5.74, 6) is 1.62. The Labute approximate surface area is 107 Å². The van der Waals surface area contributed by atoms with E-state index in [1.807, 2.05) is 36.4 Å². The predicted octanol–water partition coefficient (Wildman–Crippen LogP) is 2.88. The minimum atomic E-state index is 0.778. The lowest BCUT2D eigenvalue weighted by Crippen LogP contribution is -1.96. The number of methoxy groups -OCH3 is 2. The minimum Gasteiger partial charge on any atom is -0.497 e. The number of hydrogen-bond donors (Lipinski definition) is 1. The van der Waals surface area contributed by atoms with Gasteiger partial charge in [0.05, 0.1) is 14.2 Å². The molecule has 0 fully saturated rings. The molecular weight excluding hydrogens is 226 g/mol.